The van der Waals surface area contributed by atoms with Gasteiger partial charge >= 0.3 is 0 Å². The SMILES string of the molecule is CCCCCC=CCC=CCC=CCCC=O. The smallest absolute Gasteiger partial charge is 0.120 e. The third-order valence-electron chi connectivity index (χ3n) is 2.47. The van der Waals surface area contributed by atoms with E-state index < -0.39 is 0 Å². The molecule has 0 bridgehead atoms. The first-order valence-electron chi connectivity index (χ1n) is 6.80. The fourth-order valence-electron chi connectivity index (χ4n) is 1.45. The summed E-state index contributed by atoms with van der Waals surface area (Å²) in [6.45, 7) is 2.23. The summed E-state index contributed by atoms with van der Waals surface area (Å²) in [6.07, 6.45) is 22.7. The molecule has 0 saturated carbocycles. The number of allylic oxidation sites excluding steroid dienone is 6. The Morgan fingerprint density at radius 3 is 1.88 bits per heavy atom. The number of hydrogen-bond acceptors (Lipinski definition) is 1. The minimum atomic E-state index is 0.640. The molecule has 0 spiro atoms. The van der Waals surface area contributed by atoms with Crippen molar-refractivity contribution in [2.75, 3.05) is 0 Å². The number of hydrogen-bond donors (Lipinski definition) is 0. The summed E-state index contributed by atoms with van der Waals surface area (Å²) >= 11 is 0. The fraction of sp³-hybridized carbons (Fsp3) is 0.562. The molecule has 0 N–H and O–H groups in total. The van der Waals surface area contributed by atoms with Gasteiger partial charge in [-0.15, -0.1) is 0 Å². The van der Waals surface area contributed by atoms with Gasteiger partial charge in [-0.2, -0.15) is 0 Å². The molecular formula is C16H26O. The van der Waals surface area contributed by atoms with Crippen molar-refractivity contribution >= 4 is 6.29 Å². The predicted molar refractivity (Wildman–Crippen MR) is 76.1 cm³/mol. The summed E-state index contributed by atoms with van der Waals surface area (Å²) in [6, 6.07) is 0. The summed E-state index contributed by atoms with van der Waals surface area (Å²) in [5.41, 5.74) is 0. The second-order valence-electron chi connectivity index (χ2n) is 4.13. The Hall–Kier alpha value is -1.11. The minimum absolute atomic E-state index is 0.640. The second kappa shape index (κ2) is 14.9. The molecule has 0 aliphatic rings. The van der Waals surface area contributed by atoms with Gasteiger partial charge in [0.1, 0.15) is 6.29 Å². The van der Waals surface area contributed by atoms with Crippen LogP contribution < -0.4 is 0 Å². The third-order valence-corrected chi connectivity index (χ3v) is 2.47. The average Bonchev–Trinajstić information content (AvgIpc) is 2.35. The van der Waals surface area contributed by atoms with Gasteiger partial charge in [-0.1, -0.05) is 56.2 Å². The Balaban J connectivity index is 3.29. The third kappa shape index (κ3) is 14.9. The average molecular weight is 234 g/mol. The van der Waals surface area contributed by atoms with Gasteiger partial charge in [-0.3, -0.25) is 0 Å². The van der Waals surface area contributed by atoms with Crippen LogP contribution >= 0.6 is 0 Å². The standard InChI is InChI=1S/C16H26O/c1-2-3-4-5-6-7-8-9-10-11-12-13-14-15-16-17/h6-7,9-10,12-13,16H,2-5,8,11,14-15H2,1H3. The van der Waals surface area contributed by atoms with Gasteiger partial charge < -0.3 is 4.79 Å². The Morgan fingerprint density at radius 1 is 0.706 bits per heavy atom. The van der Waals surface area contributed by atoms with E-state index in [0.717, 1.165) is 25.5 Å². The highest BCUT2D eigenvalue weighted by Crippen LogP contribution is 2.00. The van der Waals surface area contributed by atoms with Crippen LogP contribution in [0.3, 0.4) is 0 Å². The molecule has 0 aromatic rings. The maximum absolute atomic E-state index is 10.1. The zero-order chi connectivity index (χ0) is 12.6. The van der Waals surface area contributed by atoms with Crippen molar-refractivity contribution in [2.45, 2.75) is 58.3 Å². The molecule has 0 amide bonds. The van der Waals surface area contributed by atoms with Gasteiger partial charge in [0, 0.05) is 6.42 Å². The fourth-order valence-corrected chi connectivity index (χ4v) is 1.45. The summed E-state index contributed by atoms with van der Waals surface area (Å²) in [4.78, 5) is 10.1. The van der Waals surface area contributed by atoms with E-state index in [4.69, 9.17) is 0 Å². The maximum Gasteiger partial charge on any atom is 0.120 e. The van der Waals surface area contributed by atoms with E-state index in [1.165, 1.54) is 25.7 Å². The molecule has 0 unspecified atom stereocenters. The van der Waals surface area contributed by atoms with Crippen LogP contribution in [0.5, 0.6) is 0 Å². The first kappa shape index (κ1) is 15.9. The highest BCUT2D eigenvalue weighted by molar-refractivity contribution is 5.49. The molecule has 0 heterocycles. The molecule has 0 aromatic carbocycles. The summed E-state index contributed by atoms with van der Waals surface area (Å²) in [5.74, 6) is 0. The number of aldehydes is 1. The van der Waals surface area contributed by atoms with E-state index in [9.17, 15) is 4.79 Å². The lowest BCUT2D eigenvalue weighted by Gasteiger charge is -1.90. The molecule has 0 aliphatic heterocycles. The normalized spacial score (nSPS) is 12.1. The van der Waals surface area contributed by atoms with E-state index in [1.54, 1.807) is 0 Å². The van der Waals surface area contributed by atoms with Gasteiger partial charge in [0.25, 0.3) is 0 Å². The van der Waals surface area contributed by atoms with E-state index >= 15 is 0 Å². The molecule has 0 aromatic heterocycles. The highest BCUT2D eigenvalue weighted by atomic mass is 16.1. The van der Waals surface area contributed by atoms with Crippen molar-refractivity contribution in [1.29, 1.82) is 0 Å². The first-order chi connectivity index (χ1) is 8.41. The number of carbonyl (C=O) groups is 1. The Labute approximate surface area is 106 Å². The van der Waals surface area contributed by atoms with Crippen LogP contribution in [-0.2, 0) is 4.79 Å². The van der Waals surface area contributed by atoms with Gasteiger partial charge in [0.2, 0.25) is 0 Å². The maximum atomic E-state index is 10.1. The van der Waals surface area contributed by atoms with Crippen molar-refractivity contribution in [3.05, 3.63) is 36.5 Å². The quantitative estimate of drug-likeness (QED) is 0.279. The topological polar surface area (TPSA) is 17.1 Å². The summed E-state index contributed by atoms with van der Waals surface area (Å²) in [7, 11) is 0. The van der Waals surface area contributed by atoms with Crippen LogP contribution in [0.4, 0.5) is 0 Å². The molecule has 0 radical (unpaired) electrons. The lowest BCUT2D eigenvalue weighted by atomic mass is 10.2. The Morgan fingerprint density at radius 2 is 1.29 bits per heavy atom. The van der Waals surface area contributed by atoms with Crippen LogP contribution in [0.1, 0.15) is 58.3 Å². The Bertz CT molecular complexity index is 236. The van der Waals surface area contributed by atoms with Gasteiger partial charge in [0.15, 0.2) is 0 Å². The molecular weight excluding hydrogens is 208 g/mol. The zero-order valence-electron chi connectivity index (χ0n) is 11.1. The van der Waals surface area contributed by atoms with Crippen molar-refractivity contribution in [3.63, 3.8) is 0 Å². The Kier molecular flexibility index (Phi) is 13.9. The monoisotopic (exact) mass is 234 g/mol. The molecule has 0 saturated heterocycles. The zero-order valence-corrected chi connectivity index (χ0v) is 11.1. The van der Waals surface area contributed by atoms with Crippen LogP contribution in [0, 0.1) is 0 Å². The van der Waals surface area contributed by atoms with Gasteiger partial charge in [-0.05, 0) is 32.1 Å². The van der Waals surface area contributed by atoms with E-state index in [-0.39, 0.29) is 0 Å². The number of rotatable bonds is 11. The largest absolute Gasteiger partial charge is 0.303 e. The van der Waals surface area contributed by atoms with Crippen molar-refractivity contribution in [1.82, 2.24) is 0 Å². The minimum Gasteiger partial charge on any atom is -0.303 e. The molecule has 0 fully saturated rings. The van der Waals surface area contributed by atoms with Crippen molar-refractivity contribution < 1.29 is 4.79 Å². The molecule has 1 nitrogen and oxygen atoms in total. The van der Waals surface area contributed by atoms with E-state index in [2.05, 4.69) is 43.4 Å². The molecule has 96 valence electrons. The second-order valence-corrected chi connectivity index (χ2v) is 4.13. The lowest BCUT2D eigenvalue weighted by Crippen LogP contribution is -1.71. The predicted octanol–water partition coefficient (Wildman–Crippen LogP) is 4.99. The lowest BCUT2D eigenvalue weighted by molar-refractivity contribution is -0.107. The number of unbranched alkanes of at least 4 members (excludes halogenated alkanes) is 4. The van der Waals surface area contributed by atoms with E-state index in [0.29, 0.717) is 6.42 Å². The molecule has 17 heavy (non-hydrogen) atoms. The molecule has 0 aliphatic carbocycles. The summed E-state index contributed by atoms with van der Waals surface area (Å²) < 4.78 is 0. The molecule has 1 heteroatoms. The highest BCUT2D eigenvalue weighted by Gasteiger charge is 1.80. The van der Waals surface area contributed by atoms with Crippen LogP contribution in [0.15, 0.2) is 36.5 Å². The van der Waals surface area contributed by atoms with Crippen molar-refractivity contribution in [3.8, 4) is 0 Å². The summed E-state index contributed by atoms with van der Waals surface area (Å²) in [5, 5.41) is 0. The van der Waals surface area contributed by atoms with Crippen LogP contribution in [-0.4, -0.2) is 6.29 Å². The van der Waals surface area contributed by atoms with Gasteiger partial charge in [0.05, 0.1) is 0 Å². The van der Waals surface area contributed by atoms with E-state index in [1.807, 2.05) is 0 Å². The molecule has 0 rings (SSSR count). The van der Waals surface area contributed by atoms with Gasteiger partial charge in [-0.25, -0.2) is 0 Å². The van der Waals surface area contributed by atoms with Crippen LogP contribution in [0.25, 0.3) is 0 Å². The van der Waals surface area contributed by atoms with Crippen LogP contribution in [0.2, 0.25) is 0 Å². The van der Waals surface area contributed by atoms with Crippen molar-refractivity contribution in [2.24, 2.45) is 0 Å². The first-order valence-corrected chi connectivity index (χ1v) is 6.80. The molecule has 0 atom stereocenters. The number of carbonyl (C=O) groups excluding carboxylic acids is 1.